The third kappa shape index (κ3) is 3.49. The molecule has 2 heterocycles. The molecule has 4 rings (SSSR count). The first kappa shape index (κ1) is 21.2. The SMILES string of the molecule is CC(Nc1ccccc1-c1cc(C(N)=O)c2[nH]c3ccc(N)c(C=N)c3c2n1)C(F)(F)F. The Morgan fingerprint density at radius 1 is 1.25 bits per heavy atom. The van der Waals surface area contributed by atoms with Gasteiger partial charge in [-0.15, -0.1) is 0 Å². The number of carbonyl (C=O) groups excluding carboxylic acids is 1. The van der Waals surface area contributed by atoms with Crippen LogP contribution in [0.1, 0.15) is 22.8 Å². The molecule has 32 heavy (non-hydrogen) atoms. The summed E-state index contributed by atoms with van der Waals surface area (Å²) < 4.78 is 39.4. The van der Waals surface area contributed by atoms with Crippen molar-refractivity contribution >= 4 is 45.4 Å². The van der Waals surface area contributed by atoms with E-state index in [0.717, 1.165) is 13.1 Å². The molecule has 0 saturated heterocycles. The quantitative estimate of drug-likeness (QED) is 0.232. The average Bonchev–Trinajstić information content (AvgIpc) is 3.11. The standard InChI is InChI=1S/C22H19F3N6O/c1-10(22(23,24)25)29-15-5-3-2-4-11(15)17-8-12(21(28)32)19-20(31-17)18-13(9-26)14(27)6-7-16(18)30-19/h2-10,26,29-30H,27H2,1H3,(H2,28,32). The van der Waals surface area contributed by atoms with Gasteiger partial charge in [0.15, 0.2) is 0 Å². The summed E-state index contributed by atoms with van der Waals surface area (Å²) in [6.45, 7) is 1.01. The van der Waals surface area contributed by atoms with Crippen LogP contribution in [0.25, 0.3) is 33.2 Å². The third-order valence-corrected chi connectivity index (χ3v) is 5.27. The second-order valence-electron chi connectivity index (χ2n) is 7.36. The van der Waals surface area contributed by atoms with Gasteiger partial charge in [0.05, 0.1) is 22.3 Å². The number of aromatic amines is 1. The van der Waals surface area contributed by atoms with Gasteiger partial charge in [-0.2, -0.15) is 13.2 Å². The summed E-state index contributed by atoms with van der Waals surface area (Å²) >= 11 is 0. The summed E-state index contributed by atoms with van der Waals surface area (Å²) in [7, 11) is 0. The van der Waals surface area contributed by atoms with Gasteiger partial charge in [-0.05, 0) is 31.2 Å². The first-order chi connectivity index (χ1) is 15.1. The lowest BCUT2D eigenvalue weighted by atomic mass is 10.0. The molecule has 0 bridgehead atoms. The van der Waals surface area contributed by atoms with E-state index in [1.165, 1.54) is 12.1 Å². The zero-order valence-electron chi connectivity index (χ0n) is 16.8. The lowest BCUT2D eigenvalue weighted by Gasteiger charge is -2.20. The molecular weight excluding hydrogens is 421 g/mol. The number of halogens is 3. The number of primary amides is 1. The van der Waals surface area contributed by atoms with Crippen molar-refractivity contribution in [3.8, 4) is 11.3 Å². The number of H-pyrrole nitrogens is 1. The van der Waals surface area contributed by atoms with E-state index < -0.39 is 18.1 Å². The number of aromatic nitrogens is 2. The van der Waals surface area contributed by atoms with Crippen LogP contribution in [0.2, 0.25) is 0 Å². The molecule has 1 amide bonds. The average molecular weight is 440 g/mol. The Morgan fingerprint density at radius 3 is 2.62 bits per heavy atom. The summed E-state index contributed by atoms with van der Waals surface area (Å²) in [5, 5.41) is 10.7. The number of hydrogen-bond donors (Lipinski definition) is 5. The highest BCUT2D eigenvalue weighted by Gasteiger charge is 2.36. The highest BCUT2D eigenvalue weighted by Crippen LogP contribution is 2.36. The Kier molecular flexibility index (Phi) is 5.00. The molecule has 0 aliphatic rings. The maximum atomic E-state index is 13.1. The number of alkyl halides is 3. The number of benzene rings is 2. The van der Waals surface area contributed by atoms with Crippen LogP contribution in [0.3, 0.4) is 0 Å². The zero-order chi connectivity index (χ0) is 23.2. The fraction of sp³-hybridized carbons (Fsp3) is 0.136. The molecule has 1 unspecified atom stereocenters. The molecule has 2 aromatic heterocycles. The van der Waals surface area contributed by atoms with Crippen molar-refractivity contribution < 1.29 is 18.0 Å². The Hall–Kier alpha value is -4.08. The summed E-state index contributed by atoms with van der Waals surface area (Å²) in [6.07, 6.45) is -3.36. The van der Waals surface area contributed by atoms with Gasteiger partial charge in [0, 0.05) is 39.6 Å². The number of amides is 1. The fourth-order valence-electron chi connectivity index (χ4n) is 3.62. The van der Waals surface area contributed by atoms with Crippen molar-refractivity contribution in [1.29, 1.82) is 5.41 Å². The molecule has 0 fully saturated rings. The number of pyridine rings is 1. The molecule has 0 radical (unpaired) electrons. The van der Waals surface area contributed by atoms with Gasteiger partial charge in [-0.3, -0.25) is 4.79 Å². The number of hydrogen-bond acceptors (Lipinski definition) is 5. The summed E-state index contributed by atoms with van der Waals surface area (Å²) in [4.78, 5) is 20.0. The summed E-state index contributed by atoms with van der Waals surface area (Å²) in [5.41, 5.74) is 14.6. The molecule has 7 N–H and O–H groups in total. The topological polar surface area (TPSA) is 134 Å². The maximum Gasteiger partial charge on any atom is 0.408 e. The smallest absolute Gasteiger partial charge is 0.398 e. The van der Waals surface area contributed by atoms with E-state index in [1.54, 1.807) is 30.3 Å². The molecular formula is C22H19F3N6O. The predicted octanol–water partition coefficient (Wildman–Crippen LogP) is 4.42. The van der Waals surface area contributed by atoms with Gasteiger partial charge in [-0.1, -0.05) is 18.2 Å². The van der Waals surface area contributed by atoms with Crippen LogP contribution in [0, 0.1) is 5.41 Å². The van der Waals surface area contributed by atoms with Gasteiger partial charge in [-0.25, -0.2) is 4.98 Å². The van der Waals surface area contributed by atoms with Crippen LogP contribution in [-0.2, 0) is 0 Å². The zero-order valence-corrected chi connectivity index (χ0v) is 16.8. The number of carbonyl (C=O) groups is 1. The van der Waals surface area contributed by atoms with Crippen LogP contribution in [0.5, 0.6) is 0 Å². The van der Waals surface area contributed by atoms with E-state index in [1.807, 2.05) is 0 Å². The number of nitrogens with two attached hydrogens (primary N) is 2. The first-order valence-corrected chi connectivity index (χ1v) is 9.59. The number of nitrogen functional groups attached to an aromatic ring is 1. The molecule has 164 valence electrons. The van der Waals surface area contributed by atoms with Crippen molar-refractivity contribution in [3.63, 3.8) is 0 Å². The van der Waals surface area contributed by atoms with Crippen LogP contribution in [0.4, 0.5) is 24.5 Å². The highest BCUT2D eigenvalue weighted by atomic mass is 19.4. The number of para-hydroxylation sites is 1. The minimum absolute atomic E-state index is 0.120. The van der Waals surface area contributed by atoms with E-state index in [0.29, 0.717) is 38.8 Å². The van der Waals surface area contributed by atoms with Crippen molar-refractivity contribution in [2.24, 2.45) is 5.73 Å². The normalized spacial score (nSPS) is 12.8. The highest BCUT2D eigenvalue weighted by molar-refractivity contribution is 6.19. The minimum Gasteiger partial charge on any atom is -0.398 e. The number of anilines is 2. The minimum atomic E-state index is -4.45. The van der Waals surface area contributed by atoms with Crippen LogP contribution in [-0.4, -0.2) is 34.3 Å². The van der Waals surface area contributed by atoms with Crippen LogP contribution < -0.4 is 16.8 Å². The van der Waals surface area contributed by atoms with E-state index in [4.69, 9.17) is 16.9 Å². The molecule has 7 nitrogen and oxygen atoms in total. The lowest BCUT2D eigenvalue weighted by Crippen LogP contribution is -2.33. The number of fused-ring (bicyclic) bond motifs is 3. The molecule has 4 aromatic rings. The van der Waals surface area contributed by atoms with E-state index in [-0.39, 0.29) is 16.9 Å². The molecule has 0 spiro atoms. The summed E-state index contributed by atoms with van der Waals surface area (Å²) in [5.74, 6) is -0.733. The molecule has 10 heteroatoms. The third-order valence-electron chi connectivity index (χ3n) is 5.27. The van der Waals surface area contributed by atoms with Crippen molar-refractivity contribution in [1.82, 2.24) is 9.97 Å². The van der Waals surface area contributed by atoms with Crippen molar-refractivity contribution in [2.45, 2.75) is 19.1 Å². The Bertz CT molecular complexity index is 1380. The van der Waals surface area contributed by atoms with Gasteiger partial charge in [0.25, 0.3) is 5.91 Å². The largest absolute Gasteiger partial charge is 0.408 e. The van der Waals surface area contributed by atoms with Gasteiger partial charge in [0.1, 0.15) is 6.04 Å². The predicted molar refractivity (Wildman–Crippen MR) is 119 cm³/mol. The molecule has 0 aliphatic heterocycles. The Labute approximate surface area is 180 Å². The van der Waals surface area contributed by atoms with Crippen molar-refractivity contribution in [2.75, 3.05) is 11.1 Å². The fourth-order valence-corrected chi connectivity index (χ4v) is 3.62. The first-order valence-electron chi connectivity index (χ1n) is 9.59. The Morgan fingerprint density at radius 2 is 1.97 bits per heavy atom. The van der Waals surface area contributed by atoms with Gasteiger partial charge < -0.3 is 27.2 Å². The van der Waals surface area contributed by atoms with Crippen LogP contribution in [0.15, 0.2) is 42.5 Å². The van der Waals surface area contributed by atoms with Gasteiger partial charge in [0.2, 0.25) is 0 Å². The molecule has 1 atom stereocenters. The second kappa shape index (κ2) is 7.56. The summed E-state index contributed by atoms with van der Waals surface area (Å²) in [6, 6.07) is 9.32. The number of nitrogens with one attached hydrogen (secondary N) is 3. The monoisotopic (exact) mass is 440 g/mol. The van der Waals surface area contributed by atoms with E-state index in [9.17, 15) is 18.0 Å². The number of nitrogens with zero attached hydrogens (tertiary/aromatic N) is 1. The lowest BCUT2D eigenvalue weighted by molar-refractivity contribution is -0.138. The molecule has 0 saturated carbocycles. The van der Waals surface area contributed by atoms with E-state index >= 15 is 0 Å². The molecule has 2 aromatic carbocycles. The second-order valence-corrected chi connectivity index (χ2v) is 7.36. The molecule has 0 aliphatic carbocycles. The van der Waals surface area contributed by atoms with E-state index in [2.05, 4.69) is 15.3 Å². The van der Waals surface area contributed by atoms with Gasteiger partial charge >= 0.3 is 6.18 Å². The Balaban J connectivity index is 2.01. The van der Waals surface area contributed by atoms with Crippen molar-refractivity contribution in [3.05, 3.63) is 53.6 Å². The maximum absolute atomic E-state index is 13.1. The van der Waals surface area contributed by atoms with Crippen LogP contribution >= 0.6 is 0 Å². The number of rotatable bonds is 5.